The molecule has 0 spiro atoms. The highest BCUT2D eigenvalue weighted by Crippen LogP contribution is 2.61. The van der Waals surface area contributed by atoms with Crippen LogP contribution in [0.3, 0.4) is 0 Å². The number of hydrogen-bond donors (Lipinski definition) is 0. The van der Waals surface area contributed by atoms with E-state index in [2.05, 4.69) is 46.7 Å². The van der Waals surface area contributed by atoms with Crippen molar-refractivity contribution in [1.29, 1.82) is 0 Å². The predicted octanol–water partition coefficient (Wildman–Crippen LogP) is 6.84. The maximum atomic E-state index is 15.2. The third-order valence-electron chi connectivity index (χ3n) is 7.51. The number of halogens is 5. The molecule has 2 heterocycles. The molecule has 0 N–H and O–H groups in total. The standard InChI is InChI=1S/C24H32BrClF3N3O3Si/c1-22(2,3)36(4,5)35-14-23(12-24(23,28)29)13-34-21-30-19-15(11-16(26)17(25)18(19)27)20(31-21)32-7-6-9-33-10-8-32/h11H,6-10,12-14H2,1-5H3/t23-/m0/s1. The molecule has 12 heteroatoms. The number of alkyl halides is 2. The summed E-state index contributed by atoms with van der Waals surface area (Å²) in [6.45, 7) is 12.0. The minimum Gasteiger partial charge on any atom is -0.462 e. The van der Waals surface area contributed by atoms with Crippen molar-refractivity contribution in [2.75, 3.05) is 44.4 Å². The van der Waals surface area contributed by atoms with Crippen LogP contribution in [0.15, 0.2) is 10.5 Å². The first-order valence-corrected chi connectivity index (χ1v) is 16.1. The summed E-state index contributed by atoms with van der Waals surface area (Å²) < 4.78 is 61.8. The Morgan fingerprint density at radius 3 is 2.53 bits per heavy atom. The molecule has 1 atom stereocenters. The SMILES string of the molecule is CC(C)(C)[Si](C)(C)OC[C@@]1(COc2nc(N3CCCOCC3)c3cc(Cl)c(Br)c(F)c3n2)CC1(F)F. The average molecular weight is 611 g/mol. The molecule has 1 saturated heterocycles. The van der Waals surface area contributed by atoms with Crippen LogP contribution in [-0.2, 0) is 9.16 Å². The van der Waals surface area contributed by atoms with Gasteiger partial charge in [0, 0.05) is 38.1 Å². The maximum Gasteiger partial charge on any atom is 0.319 e. The van der Waals surface area contributed by atoms with Crippen molar-refractivity contribution >= 4 is 52.6 Å². The summed E-state index contributed by atoms with van der Waals surface area (Å²) in [5.41, 5.74) is -1.46. The van der Waals surface area contributed by atoms with E-state index in [0.29, 0.717) is 37.5 Å². The summed E-state index contributed by atoms with van der Waals surface area (Å²) >= 11 is 9.38. The zero-order valence-electron chi connectivity index (χ0n) is 21.2. The van der Waals surface area contributed by atoms with E-state index in [1.807, 2.05) is 18.0 Å². The van der Waals surface area contributed by atoms with Crippen LogP contribution in [0.2, 0.25) is 23.2 Å². The van der Waals surface area contributed by atoms with Crippen LogP contribution < -0.4 is 9.64 Å². The zero-order valence-corrected chi connectivity index (χ0v) is 24.5. The lowest BCUT2D eigenvalue weighted by atomic mass is 10.1. The fourth-order valence-corrected chi connectivity index (χ4v) is 5.44. The third-order valence-corrected chi connectivity index (χ3v) is 13.3. The van der Waals surface area contributed by atoms with Gasteiger partial charge in [-0.05, 0) is 46.5 Å². The second-order valence-corrected chi connectivity index (χ2v) is 17.2. The molecule has 36 heavy (non-hydrogen) atoms. The van der Waals surface area contributed by atoms with E-state index in [1.165, 1.54) is 0 Å². The molecule has 2 aliphatic rings. The number of anilines is 1. The number of rotatable bonds is 7. The van der Waals surface area contributed by atoms with E-state index in [1.54, 1.807) is 6.07 Å². The molecule has 2 aromatic rings. The minimum atomic E-state index is -2.92. The van der Waals surface area contributed by atoms with Gasteiger partial charge in [0.1, 0.15) is 17.9 Å². The number of ether oxygens (including phenoxy) is 2. The highest BCUT2D eigenvalue weighted by molar-refractivity contribution is 9.10. The number of aromatic nitrogens is 2. The highest BCUT2D eigenvalue weighted by atomic mass is 79.9. The molecule has 1 aliphatic carbocycles. The molecule has 1 aliphatic heterocycles. The van der Waals surface area contributed by atoms with Crippen LogP contribution in [0.4, 0.5) is 19.0 Å². The van der Waals surface area contributed by atoms with Gasteiger partial charge in [-0.15, -0.1) is 0 Å². The van der Waals surface area contributed by atoms with E-state index in [-0.39, 0.29) is 45.7 Å². The molecular weight excluding hydrogens is 579 g/mol. The van der Waals surface area contributed by atoms with E-state index in [0.717, 1.165) is 6.42 Å². The molecule has 0 amide bonds. The fraction of sp³-hybridized carbons (Fsp3) is 0.667. The molecule has 1 aromatic heterocycles. The van der Waals surface area contributed by atoms with E-state index in [9.17, 15) is 8.78 Å². The normalized spacial score (nSPS) is 22.6. The van der Waals surface area contributed by atoms with Crippen molar-refractivity contribution in [2.24, 2.45) is 5.41 Å². The summed E-state index contributed by atoms with van der Waals surface area (Å²) in [6.07, 6.45) is 0.419. The van der Waals surface area contributed by atoms with Gasteiger partial charge in [0.25, 0.3) is 5.92 Å². The van der Waals surface area contributed by atoms with E-state index < -0.39 is 25.5 Å². The lowest BCUT2D eigenvalue weighted by molar-refractivity contribution is 0.0152. The molecular formula is C24H32BrClF3N3O3Si. The Bertz CT molecular complexity index is 1140. The van der Waals surface area contributed by atoms with Crippen molar-refractivity contribution in [3.63, 3.8) is 0 Å². The topological polar surface area (TPSA) is 56.7 Å². The molecule has 4 rings (SSSR count). The van der Waals surface area contributed by atoms with Crippen molar-refractivity contribution < 1.29 is 27.1 Å². The van der Waals surface area contributed by atoms with Gasteiger partial charge in [-0.25, -0.2) is 13.2 Å². The summed E-state index contributed by atoms with van der Waals surface area (Å²) in [4.78, 5) is 10.7. The Hall–Kier alpha value is -1.14. The predicted molar refractivity (Wildman–Crippen MR) is 140 cm³/mol. The summed E-state index contributed by atoms with van der Waals surface area (Å²) in [5, 5.41) is 0.491. The monoisotopic (exact) mass is 609 g/mol. The Balaban J connectivity index is 1.64. The van der Waals surface area contributed by atoms with Gasteiger partial charge in [0.2, 0.25) is 0 Å². The van der Waals surface area contributed by atoms with Crippen LogP contribution in [0.25, 0.3) is 10.9 Å². The quantitative estimate of drug-likeness (QED) is 0.253. The average Bonchev–Trinajstić information content (AvgIpc) is 3.45. The zero-order chi connectivity index (χ0) is 26.5. The van der Waals surface area contributed by atoms with Gasteiger partial charge in [-0.1, -0.05) is 32.4 Å². The van der Waals surface area contributed by atoms with Crippen molar-refractivity contribution in [3.05, 3.63) is 21.4 Å². The largest absolute Gasteiger partial charge is 0.462 e. The molecule has 0 radical (unpaired) electrons. The van der Waals surface area contributed by atoms with Crippen LogP contribution in [-0.4, -0.2) is 63.7 Å². The summed E-state index contributed by atoms with van der Waals surface area (Å²) in [5.74, 6) is -3.15. The van der Waals surface area contributed by atoms with Gasteiger partial charge in [-0.2, -0.15) is 9.97 Å². The molecule has 1 saturated carbocycles. The molecule has 1 aromatic carbocycles. The molecule has 2 fully saturated rings. The molecule has 0 bridgehead atoms. The van der Waals surface area contributed by atoms with Crippen LogP contribution >= 0.6 is 27.5 Å². The van der Waals surface area contributed by atoms with Crippen molar-refractivity contribution in [1.82, 2.24) is 9.97 Å². The molecule has 6 nitrogen and oxygen atoms in total. The Morgan fingerprint density at radius 1 is 1.19 bits per heavy atom. The van der Waals surface area contributed by atoms with Gasteiger partial charge in [0.05, 0.1) is 21.5 Å². The smallest absolute Gasteiger partial charge is 0.319 e. The number of benzene rings is 1. The molecule has 200 valence electrons. The van der Waals surface area contributed by atoms with Crippen LogP contribution in [0.1, 0.15) is 33.6 Å². The lowest BCUT2D eigenvalue weighted by Crippen LogP contribution is -2.43. The van der Waals surface area contributed by atoms with Crippen LogP contribution in [0.5, 0.6) is 6.01 Å². The Morgan fingerprint density at radius 2 is 1.89 bits per heavy atom. The number of fused-ring (bicyclic) bond motifs is 1. The highest BCUT2D eigenvalue weighted by Gasteiger charge is 2.72. The van der Waals surface area contributed by atoms with Gasteiger partial charge in [0.15, 0.2) is 14.1 Å². The second kappa shape index (κ2) is 9.87. The van der Waals surface area contributed by atoms with E-state index >= 15 is 4.39 Å². The second-order valence-electron chi connectivity index (χ2n) is 11.2. The minimum absolute atomic E-state index is 0.00516. The van der Waals surface area contributed by atoms with Gasteiger partial charge < -0.3 is 18.8 Å². The van der Waals surface area contributed by atoms with Gasteiger partial charge in [-0.3, -0.25) is 0 Å². The summed E-state index contributed by atoms with van der Waals surface area (Å²) in [6, 6.07) is 1.43. The first-order valence-electron chi connectivity index (χ1n) is 12.0. The first-order chi connectivity index (χ1) is 16.7. The van der Waals surface area contributed by atoms with Crippen molar-refractivity contribution in [3.8, 4) is 6.01 Å². The van der Waals surface area contributed by atoms with Crippen molar-refractivity contribution in [2.45, 2.75) is 57.7 Å². The maximum absolute atomic E-state index is 15.2. The molecule has 0 unspecified atom stereocenters. The number of hydrogen-bond acceptors (Lipinski definition) is 6. The number of nitrogens with zero attached hydrogens (tertiary/aromatic N) is 3. The lowest BCUT2D eigenvalue weighted by Gasteiger charge is -2.37. The van der Waals surface area contributed by atoms with E-state index in [4.69, 9.17) is 25.5 Å². The van der Waals surface area contributed by atoms with Crippen LogP contribution in [0, 0.1) is 11.2 Å². The van der Waals surface area contributed by atoms with Gasteiger partial charge >= 0.3 is 6.01 Å². The Labute approximate surface area is 224 Å². The Kier molecular flexibility index (Phi) is 7.64. The fourth-order valence-electron chi connectivity index (χ4n) is 3.87. The first kappa shape index (κ1) is 27.9. The third kappa shape index (κ3) is 5.36. The summed E-state index contributed by atoms with van der Waals surface area (Å²) in [7, 11) is -2.24.